The highest BCUT2D eigenvalue weighted by atomic mass is 16.5. The van der Waals surface area contributed by atoms with Crippen LogP contribution in [0.2, 0.25) is 0 Å². The topological polar surface area (TPSA) is 69.2 Å². The molecule has 1 saturated carbocycles. The highest BCUT2D eigenvalue weighted by molar-refractivity contribution is 5.97. The van der Waals surface area contributed by atoms with Gasteiger partial charge in [-0.15, -0.1) is 0 Å². The predicted molar refractivity (Wildman–Crippen MR) is 116 cm³/mol. The number of likely N-dealkylation sites (tertiary alicyclic amines) is 1. The van der Waals surface area contributed by atoms with Crippen molar-refractivity contribution in [1.82, 2.24) is 15.5 Å². The summed E-state index contributed by atoms with van der Waals surface area (Å²) in [4.78, 5) is 21.1. The van der Waals surface area contributed by atoms with Gasteiger partial charge in [0.15, 0.2) is 12.6 Å². The molecule has 1 saturated heterocycles. The van der Waals surface area contributed by atoms with Crippen LogP contribution in [0.15, 0.2) is 29.3 Å². The predicted octanol–water partition coefficient (Wildman–Crippen LogP) is 1.98. The van der Waals surface area contributed by atoms with Crippen molar-refractivity contribution in [3.05, 3.63) is 24.3 Å². The van der Waals surface area contributed by atoms with E-state index in [4.69, 9.17) is 4.74 Å². The van der Waals surface area contributed by atoms with Crippen LogP contribution in [0.25, 0.3) is 0 Å². The SMILES string of the molecule is CN=C(NCCCN1C(=O)COc2ccccc21)NC1CCN(C2CCCC2)C1. The summed E-state index contributed by atoms with van der Waals surface area (Å²) in [6.07, 6.45) is 7.53. The molecule has 0 spiro atoms. The maximum absolute atomic E-state index is 12.3. The van der Waals surface area contributed by atoms with E-state index in [0.29, 0.717) is 12.6 Å². The molecule has 2 N–H and O–H groups in total. The van der Waals surface area contributed by atoms with Gasteiger partial charge in [-0.1, -0.05) is 25.0 Å². The third kappa shape index (κ3) is 4.83. The molecule has 4 rings (SSSR count). The lowest BCUT2D eigenvalue weighted by Crippen LogP contribution is -2.46. The first-order chi connectivity index (χ1) is 14.2. The quantitative estimate of drug-likeness (QED) is 0.435. The number of nitrogens with one attached hydrogen (secondary N) is 2. The molecule has 1 unspecified atom stereocenters. The van der Waals surface area contributed by atoms with Crippen molar-refractivity contribution < 1.29 is 9.53 Å². The summed E-state index contributed by atoms with van der Waals surface area (Å²) in [7, 11) is 1.82. The zero-order valence-corrected chi connectivity index (χ0v) is 17.4. The number of para-hydroxylation sites is 2. The van der Waals surface area contributed by atoms with Gasteiger partial charge in [0, 0.05) is 45.3 Å². The van der Waals surface area contributed by atoms with Crippen LogP contribution in [0.3, 0.4) is 0 Å². The first-order valence-electron chi connectivity index (χ1n) is 11.0. The molecule has 3 aliphatic rings. The summed E-state index contributed by atoms with van der Waals surface area (Å²) in [5.41, 5.74) is 0.865. The van der Waals surface area contributed by atoms with Gasteiger partial charge in [-0.05, 0) is 37.8 Å². The van der Waals surface area contributed by atoms with Crippen molar-refractivity contribution in [3.63, 3.8) is 0 Å². The van der Waals surface area contributed by atoms with Crippen molar-refractivity contribution in [2.24, 2.45) is 4.99 Å². The van der Waals surface area contributed by atoms with Gasteiger partial charge in [-0.3, -0.25) is 14.7 Å². The van der Waals surface area contributed by atoms with Gasteiger partial charge in [0.2, 0.25) is 0 Å². The minimum Gasteiger partial charge on any atom is -0.482 e. The number of hydrogen-bond donors (Lipinski definition) is 2. The second-order valence-corrected chi connectivity index (χ2v) is 8.22. The fourth-order valence-corrected chi connectivity index (χ4v) is 4.74. The normalized spacial score (nSPS) is 23.2. The largest absolute Gasteiger partial charge is 0.482 e. The van der Waals surface area contributed by atoms with E-state index in [2.05, 4.69) is 20.5 Å². The van der Waals surface area contributed by atoms with Crippen LogP contribution in [0.4, 0.5) is 5.69 Å². The van der Waals surface area contributed by atoms with Crippen molar-refractivity contribution in [1.29, 1.82) is 0 Å². The van der Waals surface area contributed by atoms with Crippen LogP contribution < -0.4 is 20.3 Å². The van der Waals surface area contributed by atoms with Crippen molar-refractivity contribution in [3.8, 4) is 5.75 Å². The molecule has 29 heavy (non-hydrogen) atoms. The Hall–Kier alpha value is -2.28. The number of aliphatic imine (C=N–C) groups is 1. The van der Waals surface area contributed by atoms with Gasteiger partial charge in [0.05, 0.1) is 5.69 Å². The Labute approximate surface area is 173 Å². The second-order valence-electron chi connectivity index (χ2n) is 8.22. The number of nitrogens with zero attached hydrogens (tertiary/aromatic N) is 3. The van der Waals surface area contributed by atoms with Crippen LogP contribution in [0.5, 0.6) is 5.75 Å². The Morgan fingerprint density at radius 2 is 2.07 bits per heavy atom. The van der Waals surface area contributed by atoms with Crippen LogP contribution in [-0.2, 0) is 4.79 Å². The van der Waals surface area contributed by atoms with E-state index in [0.717, 1.165) is 42.9 Å². The maximum atomic E-state index is 12.3. The van der Waals surface area contributed by atoms with Crippen LogP contribution >= 0.6 is 0 Å². The molecule has 1 aromatic carbocycles. The standard InChI is InChI=1S/C22H33N5O2/c1-23-22(25-17-11-14-26(15-17)18-7-2-3-8-18)24-12-6-13-27-19-9-4-5-10-20(19)29-16-21(27)28/h4-5,9-10,17-18H,2-3,6-8,11-16H2,1H3,(H2,23,24,25). The van der Waals surface area contributed by atoms with E-state index >= 15 is 0 Å². The molecule has 0 bridgehead atoms. The Kier molecular flexibility index (Phi) is 6.54. The molecule has 0 radical (unpaired) electrons. The fraction of sp³-hybridized carbons (Fsp3) is 0.636. The van der Waals surface area contributed by atoms with Gasteiger partial charge in [0.1, 0.15) is 5.75 Å². The van der Waals surface area contributed by atoms with E-state index in [1.165, 1.54) is 38.6 Å². The van der Waals surface area contributed by atoms with E-state index in [1.807, 2.05) is 36.2 Å². The molecular formula is C22H33N5O2. The highest BCUT2D eigenvalue weighted by Crippen LogP contribution is 2.31. The molecule has 7 heteroatoms. The van der Waals surface area contributed by atoms with Crippen LogP contribution in [-0.4, -0.2) is 68.7 Å². The van der Waals surface area contributed by atoms with E-state index in [9.17, 15) is 4.79 Å². The highest BCUT2D eigenvalue weighted by Gasteiger charge is 2.30. The molecular weight excluding hydrogens is 366 g/mol. The fourth-order valence-electron chi connectivity index (χ4n) is 4.74. The molecule has 1 amide bonds. The monoisotopic (exact) mass is 399 g/mol. The number of carbonyl (C=O) groups excluding carboxylic acids is 1. The zero-order valence-electron chi connectivity index (χ0n) is 17.4. The lowest BCUT2D eigenvalue weighted by Gasteiger charge is -2.29. The van der Waals surface area contributed by atoms with Crippen LogP contribution in [0, 0.1) is 0 Å². The van der Waals surface area contributed by atoms with Gasteiger partial charge < -0.3 is 20.3 Å². The first kappa shape index (κ1) is 20.0. The van der Waals surface area contributed by atoms with E-state index in [1.54, 1.807) is 0 Å². The number of hydrogen-bond acceptors (Lipinski definition) is 4. The Morgan fingerprint density at radius 1 is 1.24 bits per heavy atom. The third-order valence-electron chi connectivity index (χ3n) is 6.28. The summed E-state index contributed by atoms with van der Waals surface area (Å²) in [6.45, 7) is 3.86. The van der Waals surface area contributed by atoms with Crippen molar-refractivity contribution >= 4 is 17.6 Å². The summed E-state index contributed by atoms with van der Waals surface area (Å²) in [5.74, 6) is 1.66. The molecule has 1 aromatic rings. The Morgan fingerprint density at radius 3 is 2.90 bits per heavy atom. The summed E-state index contributed by atoms with van der Waals surface area (Å²) in [5, 5.41) is 6.99. The average Bonchev–Trinajstić information content (AvgIpc) is 3.43. The van der Waals surface area contributed by atoms with E-state index in [-0.39, 0.29) is 12.5 Å². The number of benzene rings is 1. The minimum atomic E-state index is 0.0177. The number of rotatable bonds is 6. The lowest BCUT2D eigenvalue weighted by molar-refractivity contribution is -0.121. The summed E-state index contributed by atoms with van der Waals surface area (Å²) < 4.78 is 5.51. The third-order valence-corrected chi connectivity index (χ3v) is 6.28. The first-order valence-corrected chi connectivity index (χ1v) is 11.0. The van der Waals surface area contributed by atoms with Gasteiger partial charge >= 0.3 is 0 Å². The van der Waals surface area contributed by atoms with Gasteiger partial charge in [-0.25, -0.2) is 0 Å². The average molecular weight is 400 g/mol. The zero-order chi connectivity index (χ0) is 20.1. The number of fused-ring (bicyclic) bond motifs is 1. The molecule has 0 aromatic heterocycles. The number of carbonyl (C=O) groups is 1. The lowest BCUT2D eigenvalue weighted by atomic mass is 10.2. The maximum Gasteiger partial charge on any atom is 0.265 e. The van der Waals surface area contributed by atoms with Crippen LogP contribution in [0.1, 0.15) is 38.5 Å². The van der Waals surface area contributed by atoms with Crippen molar-refractivity contribution in [2.75, 3.05) is 44.7 Å². The summed E-state index contributed by atoms with van der Waals surface area (Å²) >= 11 is 0. The molecule has 2 aliphatic heterocycles. The molecule has 2 heterocycles. The number of guanidine groups is 1. The Balaban J connectivity index is 1.20. The smallest absolute Gasteiger partial charge is 0.265 e. The molecule has 158 valence electrons. The number of anilines is 1. The number of amides is 1. The summed E-state index contributed by atoms with van der Waals surface area (Å²) in [6, 6.07) is 8.99. The molecule has 7 nitrogen and oxygen atoms in total. The van der Waals surface area contributed by atoms with E-state index < -0.39 is 0 Å². The molecule has 1 aliphatic carbocycles. The van der Waals surface area contributed by atoms with Gasteiger partial charge in [0.25, 0.3) is 5.91 Å². The van der Waals surface area contributed by atoms with Gasteiger partial charge in [-0.2, -0.15) is 0 Å². The second kappa shape index (κ2) is 9.48. The number of ether oxygens (including phenoxy) is 1. The minimum absolute atomic E-state index is 0.0177. The van der Waals surface area contributed by atoms with Crippen molar-refractivity contribution in [2.45, 2.75) is 50.6 Å². The molecule has 1 atom stereocenters. The Bertz CT molecular complexity index is 732. The molecule has 2 fully saturated rings.